The number of aliphatic carboxylic acids is 1. The molecule has 0 amide bonds. The first-order valence-corrected chi connectivity index (χ1v) is 12.7. The highest BCUT2D eigenvalue weighted by molar-refractivity contribution is 8.03. The molecule has 0 saturated carbocycles. The Balaban J connectivity index is 1.62. The molecule has 4 aromatic rings. The summed E-state index contributed by atoms with van der Waals surface area (Å²) in [7, 11) is 1.51. The van der Waals surface area contributed by atoms with Crippen molar-refractivity contribution in [3.8, 4) is 22.9 Å². The number of halogens is 1. The van der Waals surface area contributed by atoms with E-state index < -0.39 is 5.97 Å². The van der Waals surface area contributed by atoms with Gasteiger partial charge in [-0.15, -0.1) is 10.2 Å². The average molecular weight is 554 g/mol. The number of hydrogen-bond donors (Lipinski definition) is 1. The van der Waals surface area contributed by atoms with Crippen LogP contribution in [0.2, 0.25) is 5.02 Å². The summed E-state index contributed by atoms with van der Waals surface area (Å²) in [5.41, 5.74) is 4.20. The summed E-state index contributed by atoms with van der Waals surface area (Å²) in [4.78, 5) is 24.1. The lowest BCUT2D eigenvalue weighted by molar-refractivity contribution is -0.131. The molecule has 0 atom stereocenters. The van der Waals surface area contributed by atoms with Crippen molar-refractivity contribution in [3.05, 3.63) is 81.0 Å². The van der Waals surface area contributed by atoms with E-state index in [1.54, 1.807) is 43.3 Å². The molecule has 2 aromatic heterocycles. The molecule has 2 aromatic carbocycles. The molecule has 0 fully saturated rings. The number of methoxy groups -OCH3 is 1. The number of rotatable bonds is 9. The molecule has 1 N–H and O–H groups in total. The zero-order valence-corrected chi connectivity index (χ0v) is 22.6. The molecule has 0 bridgehead atoms. The fourth-order valence-electron chi connectivity index (χ4n) is 3.87. The van der Waals surface area contributed by atoms with Gasteiger partial charge in [-0.3, -0.25) is 0 Å². The monoisotopic (exact) mass is 553 g/mol. The molecule has 196 valence electrons. The second kappa shape index (κ2) is 11.6. The van der Waals surface area contributed by atoms with E-state index in [0.717, 1.165) is 28.8 Å². The molecule has 0 aliphatic carbocycles. The number of esters is 1. The Morgan fingerprint density at radius 2 is 1.87 bits per heavy atom. The van der Waals surface area contributed by atoms with E-state index in [1.165, 1.54) is 7.11 Å². The second-order valence-electron chi connectivity index (χ2n) is 8.06. The van der Waals surface area contributed by atoms with Gasteiger partial charge >= 0.3 is 11.9 Å². The highest BCUT2D eigenvalue weighted by atomic mass is 35.5. The Morgan fingerprint density at radius 3 is 2.53 bits per heavy atom. The van der Waals surface area contributed by atoms with E-state index in [-0.39, 0.29) is 22.0 Å². The first kappa shape index (κ1) is 27.0. The minimum atomic E-state index is -1.14. The summed E-state index contributed by atoms with van der Waals surface area (Å²) in [6.07, 6.45) is 1.56. The fraction of sp³-hybridized carbons (Fsp3) is 0.185. The molecule has 0 aliphatic heterocycles. The van der Waals surface area contributed by atoms with Crippen LogP contribution in [0, 0.1) is 13.8 Å². The van der Waals surface area contributed by atoms with Crippen molar-refractivity contribution in [1.29, 1.82) is 0 Å². The molecular formula is C27H24ClN3O6S. The van der Waals surface area contributed by atoms with Gasteiger partial charge in [0.25, 0.3) is 11.1 Å². The Morgan fingerprint density at radius 1 is 1.13 bits per heavy atom. The number of carboxylic acid groups (broad SMARTS) is 1. The van der Waals surface area contributed by atoms with Crippen molar-refractivity contribution < 1.29 is 28.6 Å². The number of carbonyl (C=O) groups excluding carboxylic acids is 1. The van der Waals surface area contributed by atoms with Crippen LogP contribution in [0.25, 0.3) is 23.2 Å². The van der Waals surface area contributed by atoms with Crippen molar-refractivity contribution in [2.75, 3.05) is 13.7 Å². The molecule has 0 saturated heterocycles. The Kier molecular flexibility index (Phi) is 8.23. The van der Waals surface area contributed by atoms with E-state index in [2.05, 4.69) is 10.2 Å². The van der Waals surface area contributed by atoms with Crippen molar-refractivity contribution >= 4 is 41.4 Å². The van der Waals surface area contributed by atoms with E-state index in [1.807, 2.05) is 36.6 Å². The molecular weight excluding hydrogens is 530 g/mol. The van der Waals surface area contributed by atoms with Crippen LogP contribution >= 0.6 is 23.4 Å². The van der Waals surface area contributed by atoms with Gasteiger partial charge in [0, 0.05) is 22.1 Å². The Labute approximate surface area is 228 Å². The number of thioether (sulfide) groups is 1. The number of ether oxygens (including phenoxy) is 2. The van der Waals surface area contributed by atoms with Crippen molar-refractivity contribution in [2.24, 2.45) is 0 Å². The van der Waals surface area contributed by atoms with Crippen molar-refractivity contribution in [1.82, 2.24) is 14.8 Å². The number of nitrogens with zero attached hydrogens (tertiary/aromatic N) is 3. The third-order valence-corrected chi connectivity index (χ3v) is 6.69. The lowest BCUT2D eigenvalue weighted by Crippen LogP contribution is -2.05. The largest absolute Gasteiger partial charge is 0.496 e. The normalized spacial score (nSPS) is 11.4. The van der Waals surface area contributed by atoms with Crippen LogP contribution in [0.1, 0.15) is 34.2 Å². The Hall–Kier alpha value is -4.02. The summed E-state index contributed by atoms with van der Waals surface area (Å²) in [6.45, 7) is 5.86. The number of carboxylic acids is 1. The minimum Gasteiger partial charge on any atom is -0.496 e. The van der Waals surface area contributed by atoms with Gasteiger partial charge in [-0.05, 0) is 92.7 Å². The average Bonchev–Trinajstić information content (AvgIpc) is 3.47. The summed E-state index contributed by atoms with van der Waals surface area (Å²) in [5, 5.41) is 18.4. The number of carbonyl (C=O) groups is 2. The molecule has 0 aliphatic rings. The number of hydrogen-bond acceptors (Lipinski definition) is 8. The maximum atomic E-state index is 12.1. The molecule has 0 radical (unpaired) electrons. The first-order valence-electron chi connectivity index (χ1n) is 11.5. The van der Waals surface area contributed by atoms with E-state index in [4.69, 9.17) is 25.5 Å². The number of aromatic nitrogens is 3. The molecule has 4 rings (SSSR count). The van der Waals surface area contributed by atoms with Crippen LogP contribution in [0.5, 0.6) is 5.75 Å². The standard InChI is InChI=1S/C27H24ClN3O6S/c1-5-36-26(34)17-6-9-20(10-7-17)31-15(2)12-18(16(31)3)13-23(25(32)33)38-27-30-29-24(37-27)21-14-19(28)8-11-22(21)35-4/h6-14H,5H2,1-4H3,(H,32,33)/b23-13-. The Bertz CT molecular complexity index is 1520. The quantitative estimate of drug-likeness (QED) is 0.147. The van der Waals surface area contributed by atoms with Crippen LogP contribution in [0.15, 0.2) is 63.1 Å². The van der Waals surface area contributed by atoms with Crippen molar-refractivity contribution in [2.45, 2.75) is 26.0 Å². The molecule has 2 heterocycles. The highest BCUT2D eigenvalue weighted by Gasteiger charge is 2.20. The highest BCUT2D eigenvalue weighted by Crippen LogP contribution is 2.35. The third-order valence-electron chi connectivity index (χ3n) is 5.60. The maximum absolute atomic E-state index is 12.1. The van der Waals surface area contributed by atoms with Gasteiger partial charge in [0.15, 0.2) is 0 Å². The lowest BCUT2D eigenvalue weighted by Gasteiger charge is -2.10. The predicted octanol–water partition coefficient (Wildman–Crippen LogP) is 6.20. The summed E-state index contributed by atoms with van der Waals surface area (Å²) < 4.78 is 18.1. The van der Waals surface area contributed by atoms with E-state index >= 15 is 0 Å². The maximum Gasteiger partial charge on any atom is 0.342 e. The predicted molar refractivity (Wildman–Crippen MR) is 144 cm³/mol. The van der Waals surface area contributed by atoms with Crippen LogP contribution in [-0.4, -0.2) is 45.5 Å². The van der Waals surface area contributed by atoms with Crippen molar-refractivity contribution in [3.63, 3.8) is 0 Å². The van der Waals surface area contributed by atoms with Crippen LogP contribution < -0.4 is 4.74 Å². The first-order chi connectivity index (χ1) is 18.2. The molecule has 0 unspecified atom stereocenters. The SMILES string of the molecule is CCOC(=O)c1ccc(-n2c(C)cc(/C=C(\Sc3nnc(-c4cc(Cl)ccc4OC)o3)C(=O)O)c2C)cc1. The zero-order valence-electron chi connectivity index (χ0n) is 21.0. The minimum absolute atomic E-state index is 0.00355. The van der Waals surface area contributed by atoms with Gasteiger partial charge in [0.1, 0.15) is 10.7 Å². The van der Waals surface area contributed by atoms with Gasteiger partial charge in [0.05, 0.1) is 24.8 Å². The lowest BCUT2D eigenvalue weighted by atomic mass is 10.2. The summed E-state index contributed by atoms with van der Waals surface area (Å²) in [6, 6.07) is 13.9. The van der Waals surface area contributed by atoms with Gasteiger partial charge in [-0.2, -0.15) is 0 Å². The van der Waals surface area contributed by atoms with E-state index in [0.29, 0.717) is 34.1 Å². The molecule has 0 spiro atoms. The van der Waals surface area contributed by atoms with Crippen LogP contribution in [-0.2, 0) is 9.53 Å². The summed E-state index contributed by atoms with van der Waals surface area (Å²) in [5.74, 6) is -0.879. The second-order valence-corrected chi connectivity index (χ2v) is 9.49. The fourth-order valence-corrected chi connectivity index (χ4v) is 4.71. The number of aryl methyl sites for hydroxylation is 1. The zero-order chi connectivity index (χ0) is 27.4. The van der Waals surface area contributed by atoms with Gasteiger partial charge in [-0.25, -0.2) is 9.59 Å². The van der Waals surface area contributed by atoms with Crippen LogP contribution in [0.4, 0.5) is 0 Å². The van der Waals surface area contributed by atoms with Gasteiger partial charge in [0.2, 0.25) is 0 Å². The smallest absolute Gasteiger partial charge is 0.342 e. The summed E-state index contributed by atoms with van der Waals surface area (Å²) >= 11 is 6.94. The molecule has 11 heteroatoms. The number of benzene rings is 2. The third kappa shape index (κ3) is 5.76. The molecule has 9 nitrogen and oxygen atoms in total. The topological polar surface area (TPSA) is 117 Å². The van der Waals surface area contributed by atoms with Gasteiger partial charge in [-0.1, -0.05) is 11.6 Å². The molecule has 38 heavy (non-hydrogen) atoms. The van der Waals surface area contributed by atoms with Crippen LogP contribution in [0.3, 0.4) is 0 Å². The van der Waals surface area contributed by atoms with Gasteiger partial charge < -0.3 is 23.6 Å². The van der Waals surface area contributed by atoms with E-state index in [9.17, 15) is 14.7 Å².